The number of aliphatic hydroxyl groups is 1. The van der Waals surface area contributed by atoms with E-state index in [1.807, 2.05) is 24.4 Å². The van der Waals surface area contributed by atoms with Gasteiger partial charge in [0.1, 0.15) is 18.1 Å². The molecular weight excluding hydrogens is 302 g/mol. The van der Waals surface area contributed by atoms with E-state index in [-0.39, 0.29) is 6.61 Å². The minimum atomic E-state index is -0.0289. The number of hydrogen-bond donors (Lipinski definition) is 1. The van der Waals surface area contributed by atoms with Crippen molar-refractivity contribution in [3.8, 4) is 0 Å². The monoisotopic (exact) mass is 329 g/mol. The highest BCUT2D eigenvalue weighted by Gasteiger charge is 2.23. The van der Waals surface area contributed by atoms with Crippen molar-refractivity contribution in [2.24, 2.45) is 0 Å². The molecule has 0 amide bonds. The van der Waals surface area contributed by atoms with Crippen LogP contribution in [0.3, 0.4) is 0 Å². The number of nitrogens with zero attached hydrogens (tertiary/aromatic N) is 3. The smallest absolute Gasteiger partial charge is 0.129 e. The lowest BCUT2D eigenvalue weighted by atomic mass is 10.0. The second kappa shape index (κ2) is 8.42. The molecule has 0 aliphatic carbocycles. The molecule has 1 aliphatic rings. The molecule has 24 heavy (non-hydrogen) atoms. The van der Waals surface area contributed by atoms with Gasteiger partial charge >= 0.3 is 0 Å². The van der Waals surface area contributed by atoms with Gasteiger partial charge in [0.2, 0.25) is 0 Å². The van der Waals surface area contributed by atoms with E-state index in [4.69, 9.17) is 9.52 Å². The highest BCUT2D eigenvalue weighted by molar-refractivity contribution is 5.07. The van der Waals surface area contributed by atoms with Crippen molar-refractivity contribution >= 4 is 0 Å². The standard InChI is InChI=1S/C19H27N3O2/c1-21(12-9-16-5-2-3-10-20-16)17-6-4-11-22(13-17)14-18-7-8-19(15-23)24-18/h2-3,5,7-8,10,17,23H,4,6,9,11-15H2,1H3/t17-/m0/s1. The molecule has 0 aromatic carbocycles. The first-order chi connectivity index (χ1) is 11.7. The highest BCUT2D eigenvalue weighted by Crippen LogP contribution is 2.18. The van der Waals surface area contributed by atoms with Crippen LogP contribution >= 0.6 is 0 Å². The van der Waals surface area contributed by atoms with Gasteiger partial charge < -0.3 is 14.4 Å². The van der Waals surface area contributed by atoms with Gasteiger partial charge in [0.25, 0.3) is 0 Å². The van der Waals surface area contributed by atoms with Crippen LogP contribution in [0.25, 0.3) is 0 Å². The quantitative estimate of drug-likeness (QED) is 0.845. The van der Waals surface area contributed by atoms with E-state index in [0.29, 0.717) is 11.8 Å². The summed E-state index contributed by atoms with van der Waals surface area (Å²) in [6, 6.07) is 10.5. The predicted molar refractivity (Wildman–Crippen MR) is 93.5 cm³/mol. The van der Waals surface area contributed by atoms with Crippen molar-refractivity contribution in [3.63, 3.8) is 0 Å². The SMILES string of the molecule is CN(CCc1ccccn1)[C@H]1CCCN(Cc2ccc(CO)o2)C1. The maximum atomic E-state index is 9.11. The summed E-state index contributed by atoms with van der Waals surface area (Å²) in [7, 11) is 2.22. The number of likely N-dealkylation sites (tertiary alicyclic amines) is 1. The number of aromatic nitrogens is 1. The van der Waals surface area contributed by atoms with Gasteiger partial charge in [-0.1, -0.05) is 6.07 Å². The van der Waals surface area contributed by atoms with Gasteiger partial charge in [0.05, 0.1) is 6.54 Å². The molecule has 0 bridgehead atoms. The molecule has 3 rings (SSSR count). The Morgan fingerprint density at radius 1 is 1.29 bits per heavy atom. The first-order valence-electron chi connectivity index (χ1n) is 8.75. The van der Waals surface area contributed by atoms with Gasteiger partial charge in [-0.15, -0.1) is 0 Å². The largest absolute Gasteiger partial charge is 0.462 e. The molecule has 0 radical (unpaired) electrons. The van der Waals surface area contributed by atoms with Crippen LogP contribution in [0, 0.1) is 0 Å². The Morgan fingerprint density at radius 2 is 2.17 bits per heavy atom. The van der Waals surface area contributed by atoms with E-state index in [1.165, 1.54) is 12.8 Å². The van der Waals surface area contributed by atoms with Gasteiger partial charge in [-0.25, -0.2) is 0 Å². The number of aliphatic hydroxyl groups excluding tert-OH is 1. The molecule has 0 unspecified atom stereocenters. The number of likely N-dealkylation sites (N-methyl/N-ethyl adjacent to an activating group) is 1. The highest BCUT2D eigenvalue weighted by atomic mass is 16.4. The second-order valence-electron chi connectivity index (χ2n) is 6.61. The van der Waals surface area contributed by atoms with Crippen LogP contribution in [0.4, 0.5) is 0 Å². The van der Waals surface area contributed by atoms with Crippen LogP contribution in [0.15, 0.2) is 40.9 Å². The van der Waals surface area contributed by atoms with Crippen molar-refractivity contribution in [2.45, 2.75) is 38.5 Å². The summed E-state index contributed by atoms with van der Waals surface area (Å²) < 4.78 is 5.62. The Morgan fingerprint density at radius 3 is 2.92 bits per heavy atom. The normalized spacial score (nSPS) is 19.0. The first-order valence-corrected chi connectivity index (χ1v) is 8.75. The Kier molecular flexibility index (Phi) is 6.01. The number of hydrogen-bond acceptors (Lipinski definition) is 5. The van der Waals surface area contributed by atoms with Gasteiger partial charge in [-0.2, -0.15) is 0 Å². The van der Waals surface area contributed by atoms with E-state index in [1.54, 1.807) is 0 Å². The lowest BCUT2D eigenvalue weighted by molar-refractivity contribution is 0.106. The summed E-state index contributed by atoms with van der Waals surface area (Å²) in [6.45, 7) is 4.00. The van der Waals surface area contributed by atoms with Gasteiger partial charge in [0.15, 0.2) is 0 Å². The summed E-state index contributed by atoms with van der Waals surface area (Å²) >= 11 is 0. The number of pyridine rings is 1. The summed E-state index contributed by atoms with van der Waals surface area (Å²) in [5, 5.41) is 9.11. The van der Waals surface area contributed by atoms with E-state index >= 15 is 0 Å². The molecule has 1 N–H and O–H groups in total. The van der Waals surface area contributed by atoms with Gasteiger partial charge in [-0.05, 0) is 50.7 Å². The number of piperidine rings is 1. The maximum absolute atomic E-state index is 9.11. The van der Waals surface area contributed by atoms with Gasteiger partial charge in [-0.3, -0.25) is 9.88 Å². The fourth-order valence-electron chi connectivity index (χ4n) is 3.37. The topological polar surface area (TPSA) is 52.7 Å². The second-order valence-corrected chi connectivity index (χ2v) is 6.61. The third-order valence-electron chi connectivity index (χ3n) is 4.80. The molecule has 3 heterocycles. The molecule has 0 spiro atoms. The summed E-state index contributed by atoms with van der Waals surface area (Å²) in [5.74, 6) is 1.59. The Balaban J connectivity index is 1.49. The van der Waals surface area contributed by atoms with Crippen molar-refractivity contribution < 1.29 is 9.52 Å². The first kappa shape index (κ1) is 17.1. The number of rotatable bonds is 7. The zero-order chi connectivity index (χ0) is 16.8. The molecular formula is C19H27N3O2. The molecule has 2 aromatic rings. The van der Waals surface area contributed by atoms with Gasteiger partial charge in [0, 0.05) is 37.4 Å². The summed E-state index contributed by atoms with van der Waals surface area (Å²) in [6.07, 6.45) is 5.31. The molecule has 1 saturated heterocycles. The molecule has 0 saturated carbocycles. The zero-order valence-corrected chi connectivity index (χ0v) is 14.4. The fourth-order valence-corrected chi connectivity index (χ4v) is 3.37. The van der Waals surface area contributed by atoms with Crippen molar-refractivity contribution in [1.82, 2.24) is 14.8 Å². The van der Waals surface area contributed by atoms with E-state index in [0.717, 1.165) is 44.1 Å². The summed E-state index contributed by atoms with van der Waals surface area (Å²) in [5.41, 5.74) is 1.16. The average molecular weight is 329 g/mol. The van der Waals surface area contributed by atoms with E-state index in [9.17, 15) is 0 Å². The molecule has 1 fully saturated rings. The minimum Gasteiger partial charge on any atom is -0.462 e. The fraction of sp³-hybridized carbons (Fsp3) is 0.526. The zero-order valence-electron chi connectivity index (χ0n) is 14.4. The Hall–Kier alpha value is -1.69. The minimum absolute atomic E-state index is 0.0289. The molecule has 2 aromatic heterocycles. The average Bonchev–Trinajstić information content (AvgIpc) is 3.08. The third-order valence-corrected chi connectivity index (χ3v) is 4.80. The van der Waals surface area contributed by atoms with Crippen LogP contribution in [-0.4, -0.2) is 52.6 Å². The van der Waals surface area contributed by atoms with Crippen molar-refractivity contribution in [3.05, 3.63) is 53.7 Å². The predicted octanol–water partition coefficient (Wildman–Crippen LogP) is 2.31. The Bertz CT molecular complexity index is 614. The maximum Gasteiger partial charge on any atom is 0.129 e. The van der Waals surface area contributed by atoms with Crippen LogP contribution in [0.2, 0.25) is 0 Å². The third kappa shape index (κ3) is 4.66. The molecule has 5 nitrogen and oxygen atoms in total. The lowest BCUT2D eigenvalue weighted by Crippen LogP contribution is -2.46. The van der Waals surface area contributed by atoms with E-state index in [2.05, 4.69) is 34.0 Å². The molecule has 1 atom stereocenters. The van der Waals surface area contributed by atoms with Crippen LogP contribution in [0.1, 0.15) is 30.1 Å². The molecule has 130 valence electrons. The molecule has 1 aliphatic heterocycles. The van der Waals surface area contributed by atoms with Crippen LogP contribution < -0.4 is 0 Å². The van der Waals surface area contributed by atoms with Crippen molar-refractivity contribution in [1.29, 1.82) is 0 Å². The van der Waals surface area contributed by atoms with Crippen LogP contribution in [-0.2, 0) is 19.6 Å². The molecule has 5 heteroatoms. The Labute approximate surface area is 143 Å². The van der Waals surface area contributed by atoms with Crippen molar-refractivity contribution in [2.75, 3.05) is 26.7 Å². The summed E-state index contributed by atoms with van der Waals surface area (Å²) in [4.78, 5) is 9.32. The number of furan rings is 1. The van der Waals surface area contributed by atoms with Crippen LogP contribution in [0.5, 0.6) is 0 Å². The van der Waals surface area contributed by atoms with E-state index < -0.39 is 0 Å². The lowest BCUT2D eigenvalue weighted by Gasteiger charge is -2.37.